The second-order valence-corrected chi connectivity index (χ2v) is 5.00. The fourth-order valence-corrected chi connectivity index (χ4v) is 2.40. The zero-order chi connectivity index (χ0) is 16.1. The average Bonchev–Trinajstić information content (AvgIpc) is 2.52. The Kier molecular flexibility index (Phi) is 5.16. The van der Waals surface area contributed by atoms with E-state index in [0.717, 1.165) is 5.52 Å². The maximum atomic E-state index is 12.6. The molecule has 0 aliphatic carbocycles. The number of nitrogens with one attached hydrogen (secondary N) is 1. The molecule has 1 heterocycles. The first-order valence-electron chi connectivity index (χ1n) is 7.29. The summed E-state index contributed by atoms with van der Waals surface area (Å²) < 4.78 is 6.79. The smallest absolute Gasteiger partial charge is 0.256 e. The van der Waals surface area contributed by atoms with Crippen molar-refractivity contribution >= 4 is 22.5 Å². The number of hydrogen-bond donors (Lipinski definition) is 2. The Hall–Kier alpha value is -2.34. The molecular weight excluding hydrogens is 282 g/mol. The number of amides is 1. The van der Waals surface area contributed by atoms with E-state index in [9.17, 15) is 9.59 Å². The highest BCUT2D eigenvalue weighted by Gasteiger charge is 2.16. The van der Waals surface area contributed by atoms with E-state index in [1.54, 1.807) is 25.4 Å². The quantitative estimate of drug-likeness (QED) is 0.623. The van der Waals surface area contributed by atoms with Crippen LogP contribution in [0.15, 0.2) is 29.2 Å². The molecule has 118 valence electrons. The monoisotopic (exact) mass is 303 g/mol. The predicted octanol–water partition coefficient (Wildman–Crippen LogP) is 1.37. The van der Waals surface area contributed by atoms with Crippen LogP contribution in [-0.2, 0) is 11.3 Å². The van der Waals surface area contributed by atoms with Crippen LogP contribution in [0.4, 0.5) is 5.69 Å². The van der Waals surface area contributed by atoms with Crippen molar-refractivity contribution in [3.63, 3.8) is 0 Å². The van der Waals surface area contributed by atoms with Gasteiger partial charge in [-0.05, 0) is 25.5 Å². The molecule has 0 aliphatic heterocycles. The molecule has 0 spiro atoms. The topological polar surface area (TPSA) is 86.4 Å². The Morgan fingerprint density at radius 2 is 2.18 bits per heavy atom. The number of aromatic nitrogens is 1. The fraction of sp³-hybridized carbons (Fsp3) is 0.375. The highest BCUT2D eigenvalue weighted by molar-refractivity contribution is 6.00. The predicted molar refractivity (Wildman–Crippen MR) is 87.1 cm³/mol. The first-order chi connectivity index (χ1) is 10.6. The van der Waals surface area contributed by atoms with E-state index in [-0.39, 0.29) is 16.9 Å². The Bertz CT molecular complexity index is 737. The van der Waals surface area contributed by atoms with Crippen molar-refractivity contribution in [3.8, 4) is 0 Å². The van der Waals surface area contributed by atoms with Crippen molar-refractivity contribution in [1.29, 1.82) is 0 Å². The van der Waals surface area contributed by atoms with E-state index in [2.05, 4.69) is 5.32 Å². The number of methoxy groups -OCH3 is 1. The number of fused-ring (bicyclic) bond motifs is 1. The lowest BCUT2D eigenvalue weighted by molar-refractivity contribution is 0.0947. The average molecular weight is 303 g/mol. The minimum absolute atomic E-state index is 0.115. The van der Waals surface area contributed by atoms with Crippen molar-refractivity contribution in [3.05, 3.63) is 40.2 Å². The van der Waals surface area contributed by atoms with Crippen LogP contribution in [0.25, 0.3) is 10.9 Å². The summed E-state index contributed by atoms with van der Waals surface area (Å²) in [6, 6.07) is 5.30. The van der Waals surface area contributed by atoms with Gasteiger partial charge in [-0.2, -0.15) is 0 Å². The van der Waals surface area contributed by atoms with E-state index >= 15 is 0 Å². The van der Waals surface area contributed by atoms with Crippen LogP contribution >= 0.6 is 0 Å². The van der Waals surface area contributed by atoms with Gasteiger partial charge in [-0.3, -0.25) is 9.59 Å². The van der Waals surface area contributed by atoms with Crippen LogP contribution in [0.5, 0.6) is 0 Å². The third kappa shape index (κ3) is 3.12. The number of nitrogens with zero attached hydrogens (tertiary/aromatic N) is 1. The molecule has 0 unspecified atom stereocenters. The van der Waals surface area contributed by atoms with Crippen molar-refractivity contribution in [2.75, 3.05) is 26.0 Å². The highest BCUT2D eigenvalue weighted by Crippen LogP contribution is 2.18. The molecule has 0 atom stereocenters. The van der Waals surface area contributed by atoms with Gasteiger partial charge in [0.05, 0.1) is 10.9 Å². The standard InChI is InChI=1S/C16H21N3O3/c1-3-19-10-11(16(21)18-8-5-9-22-2)15(20)14-12(17)6-4-7-13(14)19/h4,6-7,10H,3,5,8-9,17H2,1-2H3,(H,18,21). The minimum Gasteiger partial charge on any atom is -0.398 e. The van der Waals surface area contributed by atoms with E-state index in [1.165, 1.54) is 0 Å². The van der Waals surface area contributed by atoms with Crippen LogP contribution in [0.3, 0.4) is 0 Å². The lowest BCUT2D eigenvalue weighted by atomic mass is 10.1. The molecule has 1 amide bonds. The van der Waals surface area contributed by atoms with E-state index < -0.39 is 0 Å². The number of nitrogens with two attached hydrogens (primary N) is 1. The number of benzene rings is 1. The number of carbonyl (C=O) groups is 1. The summed E-state index contributed by atoms with van der Waals surface area (Å²) >= 11 is 0. The third-order valence-corrected chi connectivity index (χ3v) is 3.54. The number of carbonyl (C=O) groups excluding carboxylic acids is 1. The molecule has 1 aromatic heterocycles. The SMILES string of the molecule is CCn1cc(C(=O)NCCCOC)c(=O)c2c(N)cccc21. The molecule has 0 bridgehead atoms. The number of rotatable bonds is 6. The maximum Gasteiger partial charge on any atom is 0.256 e. The molecule has 6 nitrogen and oxygen atoms in total. The number of anilines is 1. The summed E-state index contributed by atoms with van der Waals surface area (Å²) in [5, 5.41) is 3.13. The van der Waals surface area contributed by atoms with Gasteiger partial charge in [-0.25, -0.2) is 0 Å². The maximum absolute atomic E-state index is 12.6. The van der Waals surface area contributed by atoms with Crippen LogP contribution in [0.1, 0.15) is 23.7 Å². The van der Waals surface area contributed by atoms with Gasteiger partial charge in [0, 0.05) is 38.7 Å². The number of aryl methyl sites for hydroxylation is 1. The van der Waals surface area contributed by atoms with Gasteiger partial charge in [-0.1, -0.05) is 6.07 Å². The zero-order valence-corrected chi connectivity index (χ0v) is 12.9. The van der Waals surface area contributed by atoms with Crippen molar-refractivity contribution in [1.82, 2.24) is 9.88 Å². The van der Waals surface area contributed by atoms with Crippen LogP contribution in [0, 0.1) is 0 Å². The van der Waals surface area contributed by atoms with Crippen molar-refractivity contribution < 1.29 is 9.53 Å². The molecule has 0 fully saturated rings. The number of hydrogen-bond acceptors (Lipinski definition) is 4. The third-order valence-electron chi connectivity index (χ3n) is 3.54. The Balaban J connectivity index is 2.42. The summed E-state index contributed by atoms with van der Waals surface area (Å²) in [5.74, 6) is -0.381. The second kappa shape index (κ2) is 7.09. The Morgan fingerprint density at radius 1 is 1.41 bits per heavy atom. The minimum atomic E-state index is -0.381. The van der Waals surface area contributed by atoms with E-state index in [1.807, 2.05) is 17.6 Å². The first-order valence-corrected chi connectivity index (χ1v) is 7.29. The first kappa shape index (κ1) is 16.0. The highest BCUT2D eigenvalue weighted by atomic mass is 16.5. The van der Waals surface area contributed by atoms with Gasteiger partial charge < -0.3 is 20.4 Å². The molecule has 0 saturated heterocycles. The Morgan fingerprint density at radius 3 is 2.86 bits per heavy atom. The number of pyridine rings is 1. The Labute approximate surface area is 128 Å². The zero-order valence-electron chi connectivity index (χ0n) is 12.9. The summed E-state index contributed by atoms with van der Waals surface area (Å²) in [4.78, 5) is 24.8. The molecule has 0 saturated carbocycles. The largest absolute Gasteiger partial charge is 0.398 e. The summed E-state index contributed by atoms with van der Waals surface area (Å²) in [6.07, 6.45) is 2.29. The molecule has 3 N–H and O–H groups in total. The van der Waals surface area contributed by atoms with Gasteiger partial charge in [0.2, 0.25) is 5.43 Å². The molecule has 22 heavy (non-hydrogen) atoms. The lowest BCUT2D eigenvalue weighted by Crippen LogP contribution is -2.31. The van der Waals surface area contributed by atoms with Gasteiger partial charge in [0.15, 0.2) is 0 Å². The van der Waals surface area contributed by atoms with Crippen molar-refractivity contribution in [2.24, 2.45) is 0 Å². The van der Waals surface area contributed by atoms with Crippen LogP contribution in [0.2, 0.25) is 0 Å². The van der Waals surface area contributed by atoms with Gasteiger partial charge in [0.25, 0.3) is 5.91 Å². The van der Waals surface area contributed by atoms with Gasteiger partial charge >= 0.3 is 0 Å². The van der Waals surface area contributed by atoms with Crippen LogP contribution < -0.4 is 16.5 Å². The second-order valence-electron chi connectivity index (χ2n) is 5.00. The number of ether oxygens (including phenoxy) is 1. The molecule has 1 aromatic carbocycles. The van der Waals surface area contributed by atoms with E-state index in [0.29, 0.717) is 37.2 Å². The number of nitrogen functional groups attached to an aromatic ring is 1. The molecule has 6 heteroatoms. The molecular formula is C16H21N3O3. The molecule has 0 radical (unpaired) electrons. The summed E-state index contributed by atoms with van der Waals surface area (Å²) in [5.41, 5.74) is 6.84. The summed E-state index contributed by atoms with van der Waals surface area (Å²) in [6.45, 7) is 3.61. The van der Waals surface area contributed by atoms with Gasteiger partial charge in [-0.15, -0.1) is 0 Å². The summed E-state index contributed by atoms with van der Waals surface area (Å²) in [7, 11) is 1.61. The van der Waals surface area contributed by atoms with Crippen LogP contribution in [-0.4, -0.2) is 30.7 Å². The lowest BCUT2D eigenvalue weighted by Gasteiger charge is -2.13. The molecule has 2 rings (SSSR count). The van der Waals surface area contributed by atoms with E-state index in [4.69, 9.17) is 10.5 Å². The van der Waals surface area contributed by atoms with Crippen molar-refractivity contribution in [2.45, 2.75) is 19.9 Å². The van der Waals surface area contributed by atoms with Gasteiger partial charge in [0.1, 0.15) is 5.56 Å². The normalized spacial score (nSPS) is 10.8. The molecule has 2 aromatic rings. The molecule has 0 aliphatic rings. The fourth-order valence-electron chi connectivity index (χ4n) is 2.40.